The van der Waals surface area contributed by atoms with E-state index in [4.69, 9.17) is 4.74 Å². The average Bonchev–Trinajstić information content (AvgIpc) is 3.15. The molecule has 0 aromatic heterocycles. The van der Waals surface area contributed by atoms with Gasteiger partial charge < -0.3 is 15.2 Å². The molecule has 1 spiro atoms. The zero-order valence-electron chi connectivity index (χ0n) is 17.3. The van der Waals surface area contributed by atoms with Gasteiger partial charge >= 0.3 is 5.97 Å². The molecule has 2 saturated carbocycles. The number of methoxy groups -OCH3 is 1. The molecule has 8 unspecified atom stereocenters. The van der Waals surface area contributed by atoms with Crippen molar-refractivity contribution < 1.29 is 14.6 Å². The fourth-order valence-electron chi connectivity index (χ4n) is 8.61. The number of esters is 1. The van der Waals surface area contributed by atoms with Crippen molar-refractivity contribution in [2.75, 3.05) is 13.7 Å². The third-order valence-corrected chi connectivity index (χ3v) is 9.58. The highest BCUT2D eigenvalue weighted by molar-refractivity contribution is 5.75. The van der Waals surface area contributed by atoms with Gasteiger partial charge in [-0.3, -0.25) is 4.79 Å². The van der Waals surface area contributed by atoms with Gasteiger partial charge in [-0.2, -0.15) is 0 Å². The van der Waals surface area contributed by atoms with Crippen LogP contribution in [0.5, 0.6) is 0 Å². The van der Waals surface area contributed by atoms with E-state index in [1.54, 1.807) is 18.3 Å². The zero-order chi connectivity index (χ0) is 19.1. The van der Waals surface area contributed by atoms with Crippen molar-refractivity contribution in [3.05, 3.63) is 11.1 Å². The second kappa shape index (κ2) is 5.82. The normalized spacial score (nSPS) is 50.6. The molecule has 4 aliphatic carbocycles. The van der Waals surface area contributed by atoms with Gasteiger partial charge in [-0.25, -0.2) is 0 Å². The van der Waals surface area contributed by atoms with E-state index in [1.807, 2.05) is 0 Å². The lowest BCUT2D eigenvalue weighted by Crippen LogP contribution is -2.71. The Bertz CT molecular complexity index is 700. The smallest absolute Gasteiger partial charge is 0.309 e. The van der Waals surface area contributed by atoms with E-state index in [1.165, 1.54) is 19.3 Å². The zero-order valence-corrected chi connectivity index (χ0v) is 17.3. The second-order valence-electron chi connectivity index (χ2n) is 10.6. The number of nitrogens with one attached hydrogen (secondary N) is 1. The largest absolute Gasteiger partial charge is 0.469 e. The molecule has 1 heterocycles. The van der Waals surface area contributed by atoms with Crippen LogP contribution < -0.4 is 5.32 Å². The van der Waals surface area contributed by atoms with Crippen LogP contribution in [0, 0.1) is 40.4 Å². The first-order valence-electron chi connectivity index (χ1n) is 11.1. The van der Waals surface area contributed by atoms with E-state index >= 15 is 0 Å². The van der Waals surface area contributed by atoms with Crippen LogP contribution >= 0.6 is 0 Å². The summed E-state index contributed by atoms with van der Waals surface area (Å²) in [7, 11) is 1.55. The highest BCUT2D eigenvalue weighted by atomic mass is 16.5. The minimum atomic E-state index is -0.250. The van der Waals surface area contributed by atoms with Crippen LogP contribution in [0.1, 0.15) is 59.3 Å². The lowest BCUT2D eigenvalue weighted by molar-refractivity contribution is -0.164. The Labute approximate surface area is 163 Å². The summed E-state index contributed by atoms with van der Waals surface area (Å²) in [6, 6.07) is 0.279. The molecule has 5 aliphatic rings. The van der Waals surface area contributed by atoms with Gasteiger partial charge in [0.1, 0.15) is 0 Å². The van der Waals surface area contributed by atoms with Gasteiger partial charge in [0.25, 0.3) is 0 Å². The minimum absolute atomic E-state index is 0.00558. The monoisotopic (exact) mass is 373 g/mol. The molecule has 0 aromatic carbocycles. The third kappa shape index (κ3) is 2.04. The van der Waals surface area contributed by atoms with Crippen LogP contribution in [0.4, 0.5) is 0 Å². The maximum absolute atomic E-state index is 12.8. The predicted octanol–water partition coefficient (Wildman–Crippen LogP) is 3.30. The molecule has 1 aliphatic heterocycles. The van der Waals surface area contributed by atoms with Crippen molar-refractivity contribution in [1.29, 1.82) is 0 Å². The van der Waals surface area contributed by atoms with E-state index in [0.717, 1.165) is 25.8 Å². The summed E-state index contributed by atoms with van der Waals surface area (Å²) in [6.45, 7) is 8.03. The topological polar surface area (TPSA) is 58.6 Å². The van der Waals surface area contributed by atoms with E-state index in [2.05, 4.69) is 26.1 Å². The van der Waals surface area contributed by atoms with Crippen molar-refractivity contribution in [2.24, 2.45) is 40.4 Å². The van der Waals surface area contributed by atoms with Crippen LogP contribution in [0.2, 0.25) is 0 Å². The Kier molecular flexibility index (Phi) is 3.92. The molecule has 0 radical (unpaired) electrons. The van der Waals surface area contributed by atoms with Gasteiger partial charge in [0, 0.05) is 17.4 Å². The Morgan fingerprint density at radius 2 is 2.00 bits per heavy atom. The number of carbonyl (C=O) groups is 1. The first-order valence-corrected chi connectivity index (χ1v) is 11.1. The maximum Gasteiger partial charge on any atom is 0.309 e. The molecule has 0 aromatic rings. The first-order chi connectivity index (χ1) is 12.8. The number of aliphatic hydroxyl groups is 1. The highest BCUT2D eigenvalue weighted by Gasteiger charge is 2.72. The second-order valence-corrected chi connectivity index (χ2v) is 10.6. The summed E-state index contributed by atoms with van der Waals surface area (Å²) < 4.78 is 5.28. The standard InChI is InChI=1S/C23H35NO3/c1-12(2)18-17(25)10-22(3)14-7-5-13-6-8-15-16(21(26)27-4)9-23(22,19(13)15)20(18)24-11-14/h12,14-18,20,24-25H,5-11H2,1-4H3. The van der Waals surface area contributed by atoms with Crippen molar-refractivity contribution in [2.45, 2.75) is 71.4 Å². The van der Waals surface area contributed by atoms with E-state index in [9.17, 15) is 9.90 Å². The molecule has 4 nitrogen and oxygen atoms in total. The van der Waals surface area contributed by atoms with Crippen molar-refractivity contribution in [3.63, 3.8) is 0 Å². The minimum Gasteiger partial charge on any atom is -0.469 e. The Morgan fingerprint density at radius 1 is 1.26 bits per heavy atom. The van der Waals surface area contributed by atoms with Crippen molar-refractivity contribution >= 4 is 5.97 Å². The number of piperidine rings is 1. The van der Waals surface area contributed by atoms with Gasteiger partial charge in [0.05, 0.1) is 19.1 Å². The predicted molar refractivity (Wildman–Crippen MR) is 104 cm³/mol. The summed E-state index contributed by atoms with van der Waals surface area (Å²) in [5, 5.41) is 15.1. The molecule has 0 amide bonds. The van der Waals surface area contributed by atoms with E-state index in [0.29, 0.717) is 17.8 Å². The van der Waals surface area contributed by atoms with Crippen molar-refractivity contribution in [1.82, 2.24) is 5.32 Å². The number of hydrogen-bond donors (Lipinski definition) is 2. The molecule has 8 atom stereocenters. The Hall–Kier alpha value is -0.870. The number of rotatable bonds is 2. The van der Waals surface area contributed by atoms with Gasteiger partial charge in [0.15, 0.2) is 0 Å². The molecule has 27 heavy (non-hydrogen) atoms. The molecule has 4 heteroatoms. The van der Waals surface area contributed by atoms with E-state index < -0.39 is 0 Å². The van der Waals surface area contributed by atoms with Gasteiger partial charge in [0.2, 0.25) is 0 Å². The van der Waals surface area contributed by atoms with Crippen LogP contribution in [-0.2, 0) is 9.53 Å². The number of carbonyl (C=O) groups excluding carboxylic acids is 1. The summed E-state index contributed by atoms with van der Waals surface area (Å²) in [4.78, 5) is 12.8. The molecule has 150 valence electrons. The fourth-order valence-corrected chi connectivity index (χ4v) is 8.61. The quantitative estimate of drug-likeness (QED) is 0.576. The third-order valence-electron chi connectivity index (χ3n) is 9.58. The lowest BCUT2D eigenvalue weighted by Gasteiger charge is -2.66. The molecule has 4 bridgehead atoms. The Morgan fingerprint density at radius 3 is 2.70 bits per heavy atom. The van der Waals surface area contributed by atoms with Crippen LogP contribution in [-0.4, -0.2) is 36.9 Å². The number of ether oxygens (including phenoxy) is 1. The molecule has 1 saturated heterocycles. The summed E-state index contributed by atoms with van der Waals surface area (Å²) >= 11 is 0. The van der Waals surface area contributed by atoms with E-state index in [-0.39, 0.29) is 40.8 Å². The molecular formula is C23H35NO3. The number of hydrogen-bond acceptors (Lipinski definition) is 4. The van der Waals surface area contributed by atoms with Crippen LogP contribution in [0.25, 0.3) is 0 Å². The molecule has 3 fully saturated rings. The molecule has 2 N–H and O–H groups in total. The Balaban J connectivity index is 1.73. The van der Waals surface area contributed by atoms with Gasteiger partial charge in [-0.05, 0) is 68.2 Å². The van der Waals surface area contributed by atoms with Crippen LogP contribution in [0.15, 0.2) is 11.1 Å². The lowest BCUT2D eigenvalue weighted by atomic mass is 9.43. The van der Waals surface area contributed by atoms with Gasteiger partial charge in [-0.15, -0.1) is 0 Å². The number of aliphatic hydroxyl groups excluding tert-OH is 1. The highest BCUT2D eigenvalue weighted by Crippen LogP contribution is 2.74. The fraction of sp³-hybridized carbons (Fsp3) is 0.870. The SMILES string of the molecule is COC(=O)C1CC23C4=C(CCC41)CCC1CNC2C(C(C)C)C(O)CC13C. The number of allylic oxidation sites excluding steroid dienone is 1. The molecule has 5 rings (SSSR count). The van der Waals surface area contributed by atoms with Gasteiger partial charge in [-0.1, -0.05) is 31.9 Å². The summed E-state index contributed by atoms with van der Waals surface area (Å²) in [6.07, 6.45) is 6.26. The summed E-state index contributed by atoms with van der Waals surface area (Å²) in [5.41, 5.74) is 3.40. The van der Waals surface area contributed by atoms with Crippen LogP contribution in [0.3, 0.4) is 0 Å². The maximum atomic E-state index is 12.8. The summed E-state index contributed by atoms with van der Waals surface area (Å²) in [5.74, 6) is 1.63. The van der Waals surface area contributed by atoms with Crippen molar-refractivity contribution in [3.8, 4) is 0 Å². The first kappa shape index (κ1) is 18.2. The average molecular weight is 374 g/mol. The molecular weight excluding hydrogens is 338 g/mol.